The molecule has 0 spiro atoms. The highest BCUT2D eigenvalue weighted by Gasteiger charge is 2.01. The summed E-state index contributed by atoms with van der Waals surface area (Å²) in [6, 6.07) is 8.48. The number of pyridine rings is 2. The third-order valence-corrected chi connectivity index (χ3v) is 2.88. The molecule has 16 heavy (non-hydrogen) atoms. The van der Waals surface area contributed by atoms with Crippen LogP contribution in [0.4, 0.5) is 0 Å². The van der Waals surface area contributed by atoms with Crippen LogP contribution in [0.2, 0.25) is 0 Å². The second kappa shape index (κ2) is 3.27. The minimum Gasteiger partial charge on any atom is -0.261 e. The molecule has 0 N–H and O–H groups in total. The Kier molecular flexibility index (Phi) is 1.90. The lowest BCUT2D eigenvalue weighted by Crippen LogP contribution is -1.85. The number of rotatable bonds is 0. The van der Waals surface area contributed by atoms with E-state index in [9.17, 15) is 0 Å². The molecule has 0 aliphatic carbocycles. The zero-order valence-electron chi connectivity index (χ0n) is 9.36. The van der Waals surface area contributed by atoms with Gasteiger partial charge in [-0.05, 0) is 36.8 Å². The van der Waals surface area contributed by atoms with Crippen LogP contribution in [0.5, 0.6) is 0 Å². The van der Waals surface area contributed by atoms with Gasteiger partial charge in [0.05, 0.1) is 0 Å². The Morgan fingerprint density at radius 3 is 2.31 bits per heavy atom. The van der Waals surface area contributed by atoms with Crippen molar-refractivity contribution in [1.82, 2.24) is 9.97 Å². The van der Waals surface area contributed by atoms with Crippen molar-refractivity contribution >= 4 is 21.5 Å². The maximum atomic E-state index is 4.37. The Bertz CT molecular complexity index is 687. The number of fused-ring (bicyclic) bond motifs is 3. The van der Waals surface area contributed by atoms with Gasteiger partial charge in [0, 0.05) is 34.6 Å². The molecule has 0 aliphatic heterocycles. The summed E-state index contributed by atoms with van der Waals surface area (Å²) in [6.07, 6.45) is 3.87. The monoisotopic (exact) mass is 208 g/mol. The number of hydrogen-bond acceptors (Lipinski definition) is 2. The molecule has 2 heterocycles. The van der Waals surface area contributed by atoms with Crippen LogP contribution in [-0.2, 0) is 0 Å². The Hall–Kier alpha value is -1.96. The third kappa shape index (κ3) is 1.34. The molecule has 0 unspecified atom stereocenters. The minimum atomic E-state index is 1.04. The predicted molar refractivity (Wildman–Crippen MR) is 66.5 cm³/mol. The maximum Gasteiger partial charge on any atom is 0.0379 e. The van der Waals surface area contributed by atoms with Crippen LogP contribution in [0.3, 0.4) is 0 Å². The average Bonchev–Trinajstić information content (AvgIpc) is 2.28. The third-order valence-electron chi connectivity index (χ3n) is 2.88. The standard InChI is InChI=1S/C14H12N2/c1-9-5-11-3-4-12-7-15-10(2)6-13(12)14(11)8-16-9/h3-8H,1-2H3. The zero-order valence-corrected chi connectivity index (χ0v) is 9.36. The number of benzene rings is 1. The molecule has 0 fully saturated rings. The smallest absolute Gasteiger partial charge is 0.0379 e. The van der Waals surface area contributed by atoms with Crippen LogP contribution in [-0.4, -0.2) is 9.97 Å². The molecule has 2 nitrogen and oxygen atoms in total. The normalized spacial score (nSPS) is 11.1. The fraction of sp³-hybridized carbons (Fsp3) is 0.143. The van der Waals surface area contributed by atoms with E-state index in [1.807, 2.05) is 26.2 Å². The summed E-state index contributed by atoms with van der Waals surface area (Å²) in [7, 11) is 0. The summed E-state index contributed by atoms with van der Waals surface area (Å²) in [5, 5.41) is 4.85. The number of nitrogens with zero attached hydrogens (tertiary/aromatic N) is 2. The Morgan fingerprint density at radius 1 is 0.750 bits per heavy atom. The predicted octanol–water partition coefficient (Wildman–Crippen LogP) is 3.40. The van der Waals surface area contributed by atoms with Gasteiger partial charge in [-0.15, -0.1) is 0 Å². The lowest BCUT2D eigenvalue weighted by Gasteiger charge is -2.04. The number of aromatic nitrogens is 2. The number of hydrogen-bond donors (Lipinski definition) is 0. The van der Waals surface area contributed by atoms with Gasteiger partial charge < -0.3 is 0 Å². The van der Waals surface area contributed by atoms with E-state index in [0.717, 1.165) is 11.4 Å². The first-order valence-corrected chi connectivity index (χ1v) is 5.36. The summed E-state index contributed by atoms with van der Waals surface area (Å²) in [5.74, 6) is 0. The quantitative estimate of drug-likeness (QED) is 0.529. The van der Waals surface area contributed by atoms with Crippen molar-refractivity contribution in [2.75, 3.05) is 0 Å². The molecule has 0 aliphatic rings. The van der Waals surface area contributed by atoms with Gasteiger partial charge in [0.15, 0.2) is 0 Å². The molecular formula is C14H12N2. The van der Waals surface area contributed by atoms with E-state index in [4.69, 9.17) is 0 Å². The van der Waals surface area contributed by atoms with Crippen LogP contribution < -0.4 is 0 Å². The van der Waals surface area contributed by atoms with Gasteiger partial charge in [-0.2, -0.15) is 0 Å². The highest BCUT2D eigenvalue weighted by Crippen LogP contribution is 2.24. The summed E-state index contributed by atoms with van der Waals surface area (Å²) in [4.78, 5) is 8.68. The van der Waals surface area contributed by atoms with Crippen molar-refractivity contribution in [3.8, 4) is 0 Å². The molecular weight excluding hydrogens is 196 g/mol. The van der Waals surface area contributed by atoms with Crippen LogP contribution in [0.1, 0.15) is 11.4 Å². The summed E-state index contributed by atoms with van der Waals surface area (Å²) in [5.41, 5.74) is 2.10. The van der Waals surface area contributed by atoms with Crippen molar-refractivity contribution < 1.29 is 0 Å². The molecule has 78 valence electrons. The molecule has 0 radical (unpaired) electrons. The second-order valence-corrected chi connectivity index (χ2v) is 4.16. The van der Waals surface area contributed by atoms with Crippen LogP contribution >= 0.6 is 0 Å². The zero-order chi connectivity index (χ0) is 11.1. The molecule has 0 saturated heterocycles. The van der Waals surface area contributed by atoms with Gasteiger partial charge in [-0.25, -0.2) is 0 Å². The molecule has 0 bridgehead atoms. The van der Waals surface area contributed by atoms with Gasteiger partial charge in [0.25, 0.3) is 0 Å². The van der Waals surface area contributed by atoms with E-state index < -0.39 is 0 Å². The van der Waals surface area contributed by atoms with Gasteiger partial charge in [-0.3, -0.25) is 9.97 Å². The highest BCUT2D eigenvalue weighted by atomic mass is 14.7. The van der Waals surface area contributed by atoms with Crippen molar-refractivity contribution in [3.63, 3.8) is 0 Å². The molecule has 0 atom stereocenters. The maximum absolute atomic E-state index is 4.37. The van der Waals surface area contributed by atoms with Crippen LogP contribution in [0.15, 0.2) is 36.7 Å². The van der Waals surface area contributed by atoms with E-state index in [1.54, 1.807) is 0 Å². The molecule has 2 heteroatoms. The van der Waals surface area contributed by atoms with E-state index in [2.05, 4.69) is 34.2 Å². The highest BCUT2D eigenvalue weighted by molar-refractivity contribution is 6.06. The van der Waals surface area contributed by atoms with Gasteiger partial charge in [0.1, 0.15) is 0 Å². The number of aryl methyl sites for hydroxylation is 2. The lowest BCUT2D eigenvalue weighted by molar-refractivity contribution is 1.22. The van der Waals surface area contributed by atoms with Crippen LogP contribution in [0.25, 0.3) is 21.5 Å². The van der Waals surface area contributed by atoms with Gasteiger partial charge in [0.2, 0.25) is 0 Å². The lowest BCUT2D eigenvalue weighted by atomic mass is 10.0. The van der Waals surface area contributed by atoms with Gasteiger partial charge in [-0.1, -0.05) is 12.1 Å². The second-order valence-electron chi connectivity index (χ2n) is 4.16. The SMILES string of the molecule is Cc1cc2ccc3cnc(C)cc3c2cn1. The molecule has 2 aromatic heterocycles. The van der Waals surface area contributed by atoms with Crippen molar-refractivity contribution in [2.24, 2.45) is 0 Å². The Balaban J connectivity index is 2.52. The summed E-state index contributed by atoms with van der Waals surface area (Å²) >= 11 is 0. The van der Waals surface area contributed by atoms with Gasteiger partial charge >= 0.3 is 0 Å². The molecule has 3 aromatic rings. The van der Waals surface area contributed by atoms with E-state index >= 15 is 0 Å². The van der Waals surface area contributed by atoms with E-state index in [-0.39, 0.29) is 0 Å². The molecule has 1 aromatic carbocycles. The van der Waals surface area contributed by atoms with Crippen LogP contribution in [0, 0.1) is 13.8 Å². The first-order valence-electron chi connectivity index (χ1n) is 5.36. The topological polar surface area (TPSA) is 25.8 Å². The average molecular weight is 208 g/mol. The first kappa shape index (κ1) is 9.28. The van der Waals surface area contributed by atoms with Crippen molar-refractivity contribution in [2.45, 2.75) is 13.8 Å². The Morgan fingerprint density at radius 2 is 1.44 bits per heavy atom. The fourth-order valence-electron chi connectivity index (χ4n) is 2.06. The van der Waals surface area contributed by atoms with Crippen molar-refractivity contribution in [1.29, 1.82) is 0 Å². The van der Waals surface area contributed by atoms with E-state index in [0.29, 0.717) is 0 Å². The molecule has 0 saturated carbocycles. The largest absolute Gasteiger partial charge is 0.261 e. The summed E-state index contributed by atoms with van der Waals surface area (Å²) < 4.78 is 0. The first-order chi connectivity index (χ1) is 7.74. The molecule has 0 amide bonds. The summed E-state index contributed by atoms with van der Waals surface area (Å²) in [6.45, 7) is 4.03. The van der Waals surface area contributed by atoms with E-state index in [1.165, 1.54) is 21.5 Å². The Labute approximate surface area is 94.0 Å². The minimum absolute atomic E-state index is 1.04. The fourth-order valence-corrected chi connectivity index (χ4v) is 2.06. The molecule has 3 rings (SSSR count). The van der Waals surface area contributed by atoms with Crippen molar-refractivity contribution in [3.05, 3.63) is 48.0 Å².